The number of aliphatic carboxylic acids is 1. The van der Waals surface area contributed by atoms with E-state index in [1.54, 1.807) is 157 Å². The van der Waals surface area contributed by atoms with Crippen molar-refractivity contribution in [2.75, 3.05) is 45.3 Å². The maximum Gasteiger partial charge on any atom is 0.305 e. The molecule has 0 bridgehead atoms. The smallest absolute Gasteiger partial charge is 0.305 e. The predicted octanol–water partition coefficient (Wildman–Crippen LogP) is 0.270. The molecule has 0 unspecified atom stereocenters. The Balaban J connectivity index is 1.25. The zero-order valence-corrected chi connectivity index (χ0v) is 85.1. The number of carbonyl (C=O) groups excluding carboxylic acids is 16. The summed E-state index contributed by atoms with van der Waals surface area (Å²) in [5.74, 6) is -22.7. The van der Waals surface area contributed by atoms with Gasteiger partial charge in [-0.1, -0.05) is 201 Å². The molecule has 44 heteroatoms. The van der Waals surface area contributed by atoms with Gasteiger partial charge in [-0.05, 0) is 120 Å². The van der Waals surface area contributed by atoms with E-state index in [-0.39, 0.29) is 88.1 Å². The van der Waals surface area contributed by atoms with Crippen molar-refractivity contribution < 1.29 is 96.8 Å². The van der Waals surface area contributed by atoms with Crippen molar-refractivity contribution in [1.29, 1.82) is 10.8 Å². The van der Waals surface area contributed by atoms with Crippen LogP contribution in [-0.2, 0) is 114 Å². The number of carboxylic acid groups (broad SMARTS) is 1. The van der Waals surface area contributed by atoms with Crippen molar-refractivity contribution in [1.82, 2.24) is 94.5 Å². The number of nitrogens with two attached hydrogens (primary N) is 3. The van der Waals surface area contributed by atoms with Crippen LogP contribution < -0.4 is 97.0 Å². The monoisotopic (exact) mass is 2050 g/mol. The number of guanidine groups is 2. The summed E-state index contributed by atoms with van der Waals surface area (Å²) in [4.78, 5) is 258. The van der Waals surface area contributed by atoms with E-state index < -0.39 is 252 Å². The fourth-order valence-corrected chi connectivity index (χ4v) is 17.3. The van der Waals surface area contributed by atoms with E-state index in [4.69, 9.17) is 28.0 Å². The number of carboxylic acids is 1. The summed E-state index contributed by atoms with van der Waals surface area (Å²) in [5, 5.41) is 88.0. The molecule has 27 N–H and O–H groups in total. The lowest BCUT2D eigenvalue weighted by Gasteiger charge is -2.35. The zero-order valence-electron chi connectivity index (χ0n) is 84.3. The van der Waals surface area contributed by atoms with Gasteiger partial charge in [-0.3, -0.25) is 92.3 Å². The number of phenols is 1. The highest BCUT2D eigenvalue weighted by Gasteiger charge is 2.43. The highest BCUT2D eigenvalue weighted by molar-refractivity contribution is 8.00. The number of primary amides is 1. The summed E-state index contributed by atoms with van der Waals surface area (Å²) in [7, 11) is 2.58. The summed E-state index contributed by atoms with van der Waals surface area (Å²) in [5.41, 5.74) is 21.5. The van der Waals surface area contributed by atoms with Crippen LogP contribution in [0.25, 0.3) is 22.0 Å². The second-order valence-electron chi connectivity index (χ2n) is 37.8. The predicted molar refractivity (Wildman–Crippen MR) is 552 cm³/mol. The summed E-state index contributed by atoms with van der Waals surface area (Å²) in [6, 6.07) is 20.7. The average molecular weight is 2050 g/mol. The van der Waals surface area contributed by atoms with Crippen LogP contribution in [0.15, 0.2) is 170 Å². The third-order valence-electron chi connectivity index (χ3n) is 24.8. The second kappa shape index (κ2) is 57.3. The maximum atomic E-state index is 15.7. The molecule has 1 fully saturated rings. The first-order chi connectivity index (χ1) is 69.8. The number of nitrogens with zero attached hydrogens (tertiary/aromatic N) is 2. The number of nitrogens with one attached hydrogen (secondary N) is 18. The normalized spacial score (nSPS) is 22.4. The molecule has 43 nitrogen and oxygen atoms in total. The Labute approximate surface area is 857 Å². The van der Waals surface area contributed by atoms with Gasteiger partial charge in [0.25, 0.3) is 0 Å². The molecule has 7 aromatic rings. The Morgan fingerprint density at radius 3 is 1.37 bits per heavy atom. The number of rotatable bonds is 30. The van der Waals surface area contributed by atoms with E-state index in [2.05, 4.69) is 84.7 Å². The molecule has 1 saturated heterocycles. The number of fused-ring (bicyclic) bond motifs is 1. The molecule has 147 heavy (non-hydrogen) atoms. The first kappa shape index (κ1) is 117. The molecule has 0 saturated carbocycles. The van der Waals surface area contributed by atoms with Gasteiger partial charge in [0.1, 0.15) is 96.4 Å². The number of aliphatic hydroxyl groups is 1. The molecule has 15 atom stereocenters. The third kappa shape index (κ3) is 36.6. The van der Waals surface area contributed by atoms with Crippen LogP contribution in [0.3, 0.4) is 0 Å². The first-order valence-corrected chi connectivity index (χ1v) is 49.8. The number of carbonyl (C=O) groups is 17. The number of para-hydroxylation sites is 1. The minimum atomic E-state index is -2.09. The number of amides is 16. The Morgan fingerprint density at radius 1 is 0.449 bits per heavy atom. The highest BCUT2D eigenvalue weighted by Crippen LogP contribution is 2.25. The quantitative estimate of drug-likeness (QED) is 0.0163. The number of benzene rings is 6. The van der Waals surface area contributed by atoms with E-state index in [0.717, 1.165) is 20.9 Å². The number of aliphatic hydroxyl groups excluding tert-OH is 1. The van der Waals surface area contributed by atoms with Crippen molar-refractivity contribution in [3.05, 3.63) is 198 Å². The van der Waals surface area contributed by atoms with Gasteiger partial charge in [0.05, 0.1) is 18.8 Å². The largest absolute Gasteiger partial charge is 0.508 e. The number of H-pyrrole nitrogens is 1. The van der Waals surface area contributed by atoms with Crippen LogP contribution >= 0.6 is 11.8 Å². The van der Waals surface area contributed by atoms with Gasteiger partial charge in [-0.25, -0.2) is 0 Å². The number of hydrogen-bond donors (Lipinski definition) is 24. The summed E-state index contributed by atoms with van der Waals surface area (Å²) >= 11 is 0.715. The minimum Gasteiger partial charge on any atom is -0.508 e. The molecule has 0 radical (unpaired) electrons. The summed E-state index contributed by atoms with van der Waals surface area (Å²) < 4.78 is 0. The van der Waals surface area contributed by atoms with Gasteiger partial charge in [-0.2, -0.15) is 0 Å². The Kier molecular flexibility index (Phi) is 45.5. The topological polar surface area (TPSA) is 679 Å². The Morgan fingerprint density at radius 2 is 0.864 bits per heavy atom. The lowest BCUT2D eigenvalue weighted by atomic mass is 9.98. The molecule has 1 aliphatic rings. The van der Waals surface area contributed by atoms with Crippen molar-refractivity contribution in [2.45, 2.75) is 224 Å². The zero-order chi connectivity index (χ0) is 108. The molecule has 792 valence electrons. The van der Waals surface area contributed by atoms with Gasteiger partial charge in [0.2, 0.25) is 94.5 Å². The SMILES string of the molecule is CC(C)C[C@@H]1NC(=O)[C@H](CCCNC(=N)N)NC(=O)[C@H](Cc2ccccc2)N(C)C(=O)[C@H](C)N(C)C(=O)[C@H](CCCNC(=N)N)NC(=O)[C@H](Cc2ccc(-c3ccccc3)cc2)NC(=O)[C@H](C(C)C)NC(=O)[C@H](Cc2c[nH]c3ccccc23)NC(=O)[C@H](CC(=O)O)NC(=O)[C@H](Cc2ccc(O)cc2)NC(=O)[C@H](Cc2ccccc2)NC(=O)CSC[C@@H](C(=O)N[C@H](C(N)=O)C(C)C)NC(=O)[C@H](CO)NC(=O)[C@H](C(C)C)NC1=O. The van der Waals surface area contributed by atoms with Gasteiger partial charge in [-0.15, -0.1) is 11.8 Å². The number of phenolic OH excluding ortho intramolecular Hbond substituents is 1. The number of likely N-dealkylation sites (N-methyl/N-ethyl adjacent to an activating group) is 2. The van der Waals surface area contributed by atoms with E-state index in [1.165, 1.54) is 59.1 Å². The summed E-state index contributed by atoms with van der Waals surface area (Å²) in [6.45, 7) is 13.0. The van der Waals surface area contributed by atoms with E-state index in [9.17, 15) is 48.9 Å². The number of aromatic amines is 1. The number of aromatic nitrogens is 1. The second-order valence-corrected chi connectivity index (χ2v) is 38.9. The van der Waals surface area contributed by atoms with Crippen LogP contribution in [0.4, 0.5) is 0 Å². The van der Waals surface area contributed by atoms with Gasteiger partial charge < -0.3 is 127 Å². The van der Waals surface area contributed by atoms with E-state index >= 15 is 47.9 Å². The fraction of sp³-hybridized carbons (Fsp3) is 0.447. The average Bonchev–Trinajstić information content (AvgIpc) is 1.81. The molecular formula is C103H139N23O20S. The van der Waals surface area contributed by atoms with Crippen LogP contribution in [0.2, 0.25) is 0 Å². The Hall–Kier alpha value is -15.5. The maximum absolute atomic E-state index is 15.7. The minimum absolute atomic E-state index is 0.00820. The highest BCUT2D eigenvalue weighted by atomic mass is 32.2. The number of aromatic hydroxyl groups is 1. The standard InChI is InChI=1S/C103H139N23O20S/c1-56(2)45-73-93(138)123-86(59(7)8)99(144)120-79(53-127)95(140)121-80(96(141)122-84(57(3)4)87(104)132)54-147-55-82(129)112-74(46-61-25-15-12-16-26-61)89(134)116-75(48-64-37-41-68(128)42-38-64)91(136)118-78(51-83(130)131)92(137)117-77(50-67-52-111-70-32-22-21-31-69(67)70)94(139)124-85(58(5)6)98(143)119-76(47-63-35-39-66(40-36-63)65-29-19-14-20-30-65)90(135)114-72(34-24-44-110-103(107)108)101(146)125(10)60(9)100(145)126(11)81(49-62-27-17-13-18-28-62)97(142)113-71(88(133)115-73)33-23-43-109-102(105)106/h12-22,25-32,35-42,52,56-60,71-81,84-86,111,127-128H,23-24,33-34,43-51,53-55H2,1-11H3,(H2,104,132)(H,112,129)(H,113,142)(H,114,135)(H,115,133)(H,116,134)(H,117,137)(H,118,136)(H,119,143)(H,120,144)(H,121,140)(H,122,141)(H,123,138)(H,124,139)(H,130,131)(H4,105,106,109)(H4,107,108,110)/t60-,71-,72-,73-,74-,75-,76-,77-,78-,79-,80-,81-,84-,85-,86-/m0/s1. The Bertz CT molecular complexity index is 5720. The molecule has 16 amide bonds. The molecule has 1 aromatic heterocycles. The molecule has 0 spiro atoms. The van der Waals surface area contributed by atoms with Gasteiger partial charge >= 0.3 is 5.97 Å². The molecule has 6 aromatic carbocycles. The van der Waals surface area contributed by atoms with Crippen molar-refractivity contribution >= 4 is 135 Å². The van der Waals surface area contributed by atoms with E-state index in [0.29, 0.717) is 44.9 Å². The van der Waals surface area contributed by atoms with Crippen molar-refractivity contribution in [2.24, 2.45) is 40.9 Å². The molecule has 2 heterocycles. The van der Waals surface area contributed by atoms with Crippen LogP contribution in [0.5, 0.6) is 5.75 Å². The van der Waals surface area contributed by atoms with Crippen LogP contribution in [-0.4, -0.2) is 278 Å². The third-order valence-corrected chi connectivity index (χ3v) is 25.8. The molecule has 8 rings (SSSR count). The number of thioether (sulfide) groups is 1. The van der Waals surface area contributed by atoms with Gasteiger partial charge in [0.15, 0.2) is 11.9 Å². The van der Waals surface area contributed by atoms with Gasteiger partial charge in [0, 0.05) is 82.1 Å². The van der Waals surface area contributed by atoms with E-state index in [1.807, 2.05) is 30.3 Å². The lowest BCUT2D eigenvalue weighted by molar-refractivity contribution is -0.148. The molecule has 0 aliphatic carbocycles. The first-order valence-electron chi connectivity index (χ1n) is 48.7. The lowest BCUT2D eigenvalue weighted by Crippen LogP contribution is -2.62. The fourth-order valence-electron chi connectivity index (χ4n) is 16.4. The molecule has 1 aliphatic heterocycles. The van der Waals surface area contributed by atoms with Crippen LogP contribution in [0, 0.1) is 34.5 Å². The van der Waals surface area contributed by atoms with Crippen molar-refractivity contribution in [3.63, 3.8) is 0 Å². The number of hydrogen-bond acceptors (Lipinski definition) is 22. The van der Waals surface area contributed by atoms with Crippen molar-refractivity contribution in [3.8, 4) is 16.9 Å². The van der Waals surface area contributed by atoms with Crippen LogP contribution in [0.1, 0.15) is 129 Å². The molecular weight excluding hydrogens is 1910 g/mol. The summed E-state index contributed by atoms with van der Waals surface area (Å²) in [6.07, 6.45) is -1.65.